The molecule has 0 aromatic carbocycles. The zero-order valence-corrected chi connectivity index (χ0v) is 18.4. The molecule has 1 N–H and O–H groups in total. The molecule has 2 aromatic heterocycles. The van der Waals surface area contributed by atoms with Gasteiger partial charge in [-0.15, -0.1) is 22.7 Å². The van der Waals surface area contributed by atoms with Gasteiger partial charge in [0.2, 0.25) is 5.91 Å². The van der Waals surface area contributed by atoms with Gasteiger partial charge in [-0.1, -0.05) is 18.9 Å². The third-order valence-electron chi connectivity index (χ3n) is 6.57. The van der Waals surface area contributed by atoms with E-state index in [0.29, 0.717) is 25.9 Å². The maximum absolute atomic E-state index is 13.2. The first-order chi connectivity index (χ1) is 14.6. The first-order valence-electron chi connectivity index (χ1n) is 10.6. The van der Waals surface area contributed by atoms with Gasteiger partial charge in [-0.2, -0.15) is 0 Å². The van der Waals surface area contributed by atoms with Crippen molar-refractivity contribution in [2.45, 2.75) is 56.5 Å². The molecule has 4 amide bonds. The van der Waals surface area contributed by atoms with Crippen molar-refractivity contribution >= 4 is 40.5 Å². The standard InChI is InChI=1S/C22H25N3O3S2/c26-18(6-3-11-25-20(27)22(23-21(25)28)9-1-2-10-22)24-12-7-16-15(8-14-30-16)19(24)17-5-4-13-29-17/h4-5,8,13-14,19H,1-3,6-7,9-12H2,(H,23,28). The molecule has 1 spiro atoms. The van der Waals surface area contributed by atoms with Crippen LogP contribution in [0.5, 0.6) is 0 Å². The summed E-state index contributed by atoms with van der Waals surface area (Å²) < 4.78 is 0. The largest absolute Gasteiger partial charge is 0.330 e. The predicted octanol–water partition coefficient (Wildman–Crippen LogP) is 3.93. The van der Waals surface area contributed by atoms with E-state index in [1.165, 1.54) is 20.2 Å². The molecule has 1 aliphatic carbocycles. The Kier molecular flexibility index (Phi) is 5.14. The number of nitrogens with one attached hydrogen (secondary N) is 1. The summed E-state index contributed by atoms with van der Waals surface area (Å²) in [6.45, 7) is 1.01. The monoisotopic (exact) mass is 443 g/mol. The molecule has 2 aromatic rings. The topological polar surface area (TPSA) is 69.7 Å². The number of nitrogens with zero attached hydrogens (tertiary/aromatic N) is 2. The van der Waals surface area contributed by atoms with Gasteiger partial charge in [0.05, 0.1) is 6.04 Å². The minimum atomic E-state index is -0.673. The number of hydrogen-bond acceptors (Lipinski definition) is 5. The smallest absolute Gasteiger partial charge is 0.325 e. The Morgan fingerprint density at radius 2 is 2.00 bits per heavy atom. The molecule has 1 unspecified atom stereocenters. The van der Waals surface area contributed by atoms with Gasteiger partial charge < -0.3 is 10.2 Å². The zero-order valence-electron chi connectivity index (χ0n) is 16.8. The van der Waals surface area contributed by atoms with Crippen LogP contribution in [-0.4, -0.2) is 46.3 Å². The first kappa shape index (κ1) is 19.8. The van der Waals surface area contributed by atoms with Crippen molar-refractivity contribution in [3.63, 3.8) is 0 Å². The van der Waals surface area contributed by atoms with E-state index in [0.717, 1.165) is 32.1 Å². The Balaban J connectivity index is 1.24. The third-order valence-corrected chi connectivity index (χ3v) is 8.50. The summed E-state index contributed by atoms with van der Waals surface area (Å²) in [5, 5.41) is 7.07. The normalized spacial score (nSPS) is 22.6. The second-order valence-corrected chi connectivity index (χ2v) is 10.3. The SMILES string of the molecule is O=C1NC2(CCCC2)C(=O)N1CCCC(=O)N1CCc2sccc2C1c1cccs1. The summed E-state index contributed by atoms with van der Waals surface area (Å²) in [5.74, 6) is -0.0114. The summed E-state index contributed by atoms with van der Waals surface area (Å²) in [6, 6.07) is 5.94. The highest BCUT2D eigenvalue weighted by Gasteiger charge is 2.52. The predicted molar refractivity (Wildman–Crippen MR) is 117 cm³/mol. The molecule has 5 rings (SSSR count). The minimum absolute atomic E-state index is 0.0222. The molecule has 2 fully saturated rings. The highest BCUT2D eigenvalue weighted by atomic mass is 32.1. The molecule has 1 saturated carbocycles. The van der Waals surface area contributed by atoms with Crippen LogP contribution in [0, 0.1) is 0 Å². The van der Waals surface area contributed by atoms with Crippen molar-refractivity contribution in [2.24, 2.45) is 0 Å². The molecule has 4 heterocycles. The Hall–Kier alpha value is -2.19. The molecule has 1 atom stereocenters. The quantitative estimate of drug-likeness (QED) is 0.712. The van der Waals surface area contributed by atoms with Crippen LogP contribution in [0.25, 0.3) is 0 Å². The van der Waals surface area contributed by atoms with Crippen LogP contribution in [-0.2, 0) is 16.0 Å². The third kappa shape index (κ3) is 3.26. The van der Waals surface area contributed by atoms with Gasteiger partial charge in [-0.05, 0) is 54.1 Å². The number of amides is 4. The van der Waals surface area contributed by atoms with E-state index in [-0.39, 0.29) is 23.9 Å². The number of carbonyl (C=O) groups excluding carboxylic acids is 3. The van der Waals surface area contributed by atoms with Crippen LogP contribution in [0.2, 0.25) is 0 Å². The van der Waals surface area contributed by atoms with Crippen LogP contribution in [0.3, 0.4) is 0 Å². The van der Waals surface area contributed by atoms with E-state index in [4.69, 9.17) is 0 Å². The molecular formula is C22H25N3O3S2. The fourth-order valence-corrected chi connectivity index (χ4v) is 6.83. The van der Waals surface area contributed by atoms with E-state index in [1.54, 1.807) is 22.7 Å². The molecule has 30 heavy (non-hydrogen) atoms. The average molecular weight is 444 g/mol. The number of thiophene rings is 2. The van der Waals surface area contributed by atoms with Crippen molar-refractivity contribution in [3.8, 4) is 0 Å². The van der Waals surface area contributed by atoms with Crippen molar-refractivity contribution in [2.75, 3.05) is 13.1 Å². The number of imide groups is 1. The summed E-state index contributed by atoms with van der Waals surface area (Å²) >= 11 is 3.44. The lowest BCUT2D eigenvalue weighted by Gasteiger charge is -2.35. The first-order valence-corrected chi connectivity index (χ1v) is 12.4. The maximum Gasteiger partial charge on any atom is 0.325 e. The maximum atomic E-state index is 13.2. The van der Waals surface area contributed by atoms with Gasteiger partial charge in [0.15, 0.2) is 0 Å². The summed E-state index contributed by atoms with van der Waals surface area (Å²) in [7, 11) is 0. The lowest BCUT2D eigenvalue weighted by Crippen LogP contribution is -2.44. The van der Waals surface area contributed by atoms with E-state index >= 15 is 0 Å². The highest BCUT2D eigenvalue weighted by molar-refractivity contribution is 7.10. The highest BCUT2D eigenvalue weighted by Crippen LogP contribution is 2.40. The summed E-state index contributed by atoms with van der Waals surface area (Å²) in [5.41, 5.74) is 0.562. The van der Waals surface area contributed by atoms with Gasteiger partial charge in [0, 0.05) is 29.3 Å². The Bertz CT molecular complexity index is 962. The second kappa shape index (κ2) is 7.81. The van der Waals surface area contributed by atoms with Crippen LogP contribution < -0.4 is 5.32 Å². The lowest BCUT2D eigenvalue weighted by atomic mass is 9.97. The van der Waals surface area contributed by atoms with Crippen LogP contribution >= 0.6 is 22.7 Å². The van der Waals surface area contributed by atoms with Crippen molar-refractivity contribution in [1.29, 1.82) is 0 Å². The molecule has 2 aliphatic heterocycles. The summed E-state index contributed by atoms with van der Waals surface area (Å²) in [4.78, 5) is 44.1. The molecule has 158 valence electrons. The van der Waals surface area contributed by atoms with E-state index in [9.17, 15) is 14.4 Å². The van der Waals surface area contributed by atoms with Gasteiger partial charge in [-0.25, -0.2) is 4.79 Å². The number of carbonyl (C=O) groups is 3. The number of hydrogen-bond donors (Lipinski definition) is 1. The van der Waals surface area contributed by atoms with E-state index in [2.05, 4.69) is 28.2 Å². The molecular weight excluding hydrogens is 418 g/mol. The van der Waals surface area contributed by atoms with Gasteiger partial charge in [0.25, 0.3) is 5.91 Å². The molecule has 3 aliphatic rings. The fraction of sp³-hybridized carbons (Fsp3) is 0.500. The van der Waals surface area contributed by atoms with Crippen molar-refractivity contribution in [3.05, 3.63) is 44.3 Å². The van der Waals surface area contributed by atoms with Crippen LogP contribution in [0.4, 0.5) is 4.79 Å². The molecule has 8 heteroatoms. The second-order valence-electron chi connectivity index (χ2n) is 8.33. The fourth-order valence-electron chi connectivity index (χ4n) is 5.07. The minimum Gasteiger partial charge on any atom is -0.330 e. The number of rotatable bonds is 5. The van der Waals surface area contributed by atoms with Gasteiger partial charge in [0.1, 0.15) is 5.54 Å². The Morgan fingerprint density at radius 1 is 1.17 bits per heavy atom. The Labute approximate surface area is 183 Å². The van der Waals surface area contributed by atoms with Crippen molar-refractivity contribution < 1.29 is 14.4 Å². The van der Waals surface area contributed by atoms with E-state index < -0.39 is 5.54 Å². The van der Waals surface area contributed by atoms with Gasteiger partial charge >= 0.3 is 6.03 Å². The molecule has 0 radical (unpaired) electrons. The zero-order chi connectivity index (χ0) is 20.7. The molecule has 1 saturated heterocycles. The van der Waals surface area contributed by atoms with Gasteiger partial charge in [-0.3, -0.25) is 14.5 Å². The Morgan fingerprint density at radius 3 is 2.77 bits per heavy atom. The van der Waals surface area contributed by atoms with E-state index in [1.807, 2.05) is 11.0 Å². The molecule has 0 bridgehead atoms. The lowest BCUT2D eigenvalue weighted by molar-refractivity contribution is -0.134. The van der Waals surface area contributed by atoms with Crippen LogP contribution in [0.1, 0.15) is 59.9 Å². The number of fused-ring (bicyclic) bond motifs is 1. The van der Waals surface area contributed by atoms with Crippen molar-refractivity contribution in [1.82, 2.24) is 15.1 Å². The molecule has 6 nitrogen and oxygen atoms in total. The summed E-state index contributed by atoms with van der Waals surface area (Å²) in [6.07, 6.45) is 5.13. The van der Waals surface area contributed by atoms with Crippen LogP contribution in [0.15, 0.2) is 29.0 Å². The number of urea groups is 1. The average Bonchev–Trinajstić information content (AvgIpc) is 3.53.